The van der Waals surface area contributed by atoms with Crippen LogP contribution in [0.4, 0.5) is 36.1 Å². The highest BCUT2D eigenvalue weighted by Crippen LogP contribution is 2.73. The molecule has 4 aromatic rings. The van der Waals surface area contributed by atoms with Crippen molar-refractivity contribution in [2.24, 2.45) is 15.6 Å². The van der Waals surface area contributed by atoms with E-state index in [9.17, 15) is 32.7 Å². The number of benzene rings is 1. The van der Waals surface area contributed by atoms with E-state index in [2.05, 4.69) is 25.5 Å². The van der Waals surface area contributed by atoms with E-state index in [1.54, 1.807) is 17.0 Å². The normalized spacial score (nSPS) is 24.7. The van der Waals surface area contributed by atoms with Gasteiger partial charge in [-0.3, -0.25) is 14.4 Å². The molecule has 2 atom stereocenters. The summed E-state index contributed by atoms with van der Waals surface area (Å²) in [4.78, 5) is 53.7. The highest BCUT2D eigenvalue weighted by atomic mass is 19.4. The number of nitrogen functional groups attached to an aromatic ring is 1. The number of carbonyl (C=O) groups excluding carboxylic acids is 2. The van der Waals surface area contributed by atoms with Crippen molar-refractivity contribution in [3.63, 3.8) is 0 Å². The predicted octanol–water partition coefficient (Wildman–Crippen LogP) is 4.75. The molecule has 5 fully saturated rings. The third-order valence-electron chi connectivity index (χ3n) is 11.3. The molecule has 4 aliphatic carbocycles. The zero-order valence-electron chi connectivity index (χ0n) is 28.8. The maximum absolute atomic E-state index is 14.5. The summed E-state index contributed by atoms with van der Waals surface area (Å²) in [7, 11) is 1.44. The fourth-order valence-electron chi connectivity index (χ4n) is 8.61. The number of piperazine rings is 1. The van der Waals surface area contributed by atoms with Crippen LogP contribution in [-0.2, 0) is 17.8 Å². The van der Waals surface area contributed by atoms with Crippen LogP contribution in [0, 0.1) is 5.41 Å². The zero-order valence-corrected chi connectivity index (χ0v) is 28.8. The summed E-state index contributed by atoms with van der Waals surface area (Å²) in [5.74, 6) is -1.07. The summed E-state index contributed by atoms with van der Waals surface area (Å²) >= 11 is 0. The number of nitrogens with zero attached hydrogens (tertiary/aromatic N) is 7. The number of alkyl halides is 3. The van der Waals surface area contributed by atoms with Crippen molar-refractivity contribution < 1.29 is 37.0 Å². The molecule has 278 valence electrons. The number of azo groups is 1. The van der Waals surface area contributed by atoms with Crippen molar-refractivity contribution in [2.75, 3.05) is 30.8 Å². The van der Waals surface area contributed by atoms with Crippen molar-refractivity contribution in [1.29, 1.82) is 0 Å². The Hall–Kier alpha value is -5.68. The lowest BCUT2D eigenvalue weighted by atomic mass is 9.39. The molecule has 0 spiro atoms. The number of aromatic nitrogens is 3. The Kier molecular flexibility index (Phi) is 7.92. The van der Waals surface area contributed by atoms with E-state index >= 15 is 0 Å². The molecule has 1 aliphatic heterocycles. The Labute approximate surface area is 299 Å². The van der Waals surface area contributed by atoms with E-state index < -0.39 is 34.4 Å². The van der Waals surface area contributed by atoms with Crippen molar-refractivity contribution in [3.05, 3.63) is 58.3 Å². The van der Waals surface area contributed by atoms with E-state index in [1.165, 1.54) is 36.4 Å². The van der Waals surface area contributed by atoms with Gasteiger partial charge in [0.2, 0.25) is 17.2 Å². The Morgan fingerprint density at radius 2 is 1.89 bits per heavy atom. The van der Waals surface area contributed by atoms with Gasteiger partial charge in [-0.2, -0.15) is 18.3 Å². The van der Waals surface area contributed by atoms with Gasteiger partial charge in [0.1, 0.15) is 34.9 Å². The monoisotopic (exact) mass is 735 g/mol. The summed E-state index contributed by atoms with van der Waals surface area (Å²) in [5, 5.41) is 22.0. The number of methoxy groups -OCH3 is 1. The number of aromatic hydroxyl groups is 1. The Morgan fingerprint density at radius 1 is 1.13 bits per heavy atom. The van der Waals surface area contributed by atoms with E-state index in [0.29, 0.717) is 29.7 Å². The van der Waals surface area contributed by atoms with Crippen molar-refractivity contribution >= 4 is 45.8 Å². The fourth-order valence-corrected chi connectivity index (χ4v) is 8.61. The number of hydrogen-bond donors (Lipinski definition) is 3. The minimum absolute atomic E-state index is 0.00880. The van der Waals surface area contributed by atoms with Gasteiger partial charge in [0.25, 0.3) is 5.91 Å². The number of hydrogen-bond acceptors (Lipinski definition) is 12. The first-order chi connectivity index (χ1) is 25.3. The number of phenolic OH excluding ortho intramolecular Hbond substituents is 1. The molecule has 4 N–H and O–H groups in total. The lowest BCUT2D eigenvalue weighted by molar-refractivity contribution is -0.337. The van der Waals surface area contributed by atoms with Gasteiger partial charge < -0.3 is 39.7 Å². The minimum Gasteiger partial charge on any atom is -0.507 e. The van der Waals surface area contributed by atoms with Crippen molar-refractivity contribution in [2.45, 2.75) is 75.8 Å². The summed E-state index contributed by atoms with van der Waals surface area (Å²) in [6, 6.07) is 5.39. The molecule has 3 aromatic heterocycles. The number of phenols is 1. The molecule has 2 bridgehead atoms. The molecule has 4 heterocycles. The number of halogens is 3. The highest BCUT2D eigenvalue weighted by molar-refractivity contribution is 6.07. The minimum atomic E-state index is -4.33. The zero-order chi connectivity index (χ0) is 37.4. The number of anilines is 2. The smallest absolute Gasteiger partial charge is 0.394 e. The van der Waals surface area contributed by atoms with Crippen LogP contribution in [0.3, 0.4) is 0 Å². The SMILES string of the molecule is CCc1c(N2CCN(C(=O)c3c(O)ccc4ncoc34)[C@@H]3CC[C@H]32)c(=O)c(N=Nc2ccnc(OC)c2)c(N)n1CC(=O)NC12CC(C(F)(F)F)(C1)C2. The topological polar surface area (TPSA) is 194 Å². The van der Waals surface area contributed by atoms with Gasteiger partial charge in [-0.25, -0.2) is 9.97 Å². The molecule has 0 unspecified atom stereocenters. The summed E-state index contributed by atoms with van der Waals surface area (Å²) < 4.78 is 52.7. The van der Waals surface area contributed by atoms with Crippen LogP contribution in [-0.4, -0.2) is 80.4 Å². The third-order valence-corrected chi connectivity index (χ3v) is 11.3. The first kappa shape index (κ1) is 34.4. The molecule has 0 radical (unpaired) electrons. The average molecular weight is 736 g/mol. The van der Waals surface area contributed by atoms with Crippen LogP contribution in [0.25, 0.3) is 11.1 Å². The second-order valence-electron chi connectivity index (χ2n) is 14.3. The largest absolute Gasteiger partial charge is 0.507 e. The lowest BCUT2D eigenvalue weighted by Crippen LogP contribution is -2.78. The Bertz CT molecular complexity index is 2230. The number of rotatable bonds is 9. The van der Waals surface area contributed by atoms with Crippen LogP contribution in [0.5, 0.6) is 11.6 Å². The maximum Gasteiger partial charge on any atom is 0.394 e. The quantitative estimate of drug-likeness (QED) is 0.202. The molecule has 53 heavy (non-hydrogen) atoms. The molecular formula is C35H36F3N9O6. The van der Waals surface area contributed by atoms with Crippen molar-refractivity contribution in [3.8, 4) is 11.6 Å². The number of fused-ring (bicyclic) bond motifs is 2. The van der Waals surface area contributed by atoms with E-state index in [0.717, 1.165) is 0 Å². The van der Waals surface area contributed by atoms with Gasteiger partial charge >= 0.3 is 6.18 Å². The van der Waals surface area contributed by atoms with Gasteiger partial charge in [-0.15, -0.1) is 5.11 Å². The number of pyridine rings is 2. The molecular weight excluding hydrogens is 699 g/mol. The van der Waals surface area contributed by atoms with Crippen molar-refractivity contribution in [1.82, 2.24) is 24.8 Å². The van der Waals surface area contributed by atoms with Gasteiger partial charge in [0.05, 0.1) is 24.3 Å². The number of carbonyl (C=O) groups is 2. The van der Waals surface area contributed by atoms with Gasteiger partial charge in [0.15, 0.2) is 17.7 Å². The number of ether oxygens (including phenoxy) is 1. The van der Waals surface area contributed by atoms with Crippen LogP contribution >= 0.6 is 0 Å². The van der Waals surface area contributed by atoms with Crippen LogP contribution < -0.4 is 26.1 Å². The highest BCUT2D eigenvalue weighted by Gasteiger charge is 2.79. The summed E-state index contributed by atoms with van der Waals surface area (Å²) in [6.07, 6.45) is -0.664. The molecule has 2 amide bonds. The van der Waals surface area contributed by atoms with E-state index in [1.807, 2.05) is 11.8 Å². The molecule has 4 saturated carbocycles. The standard InChI is InChI=1S/C35H36F3N9O6/c1-3-20-28(45-10-11-46(22-6-5-21(22)45)32(51)26-23(48)7-4-19-30(26)53-17-41-19)29(50)27(44-43-18-8-9-40-25(12-18)52-2)31(39)47(20)13-24(49)42-34-14-33(15-34,16-34)35(36,37)38/h4,7-9,12,17,21-22,48H,3,5-6,10-11,13-16,39H2,1-2H3,(H,42,49)/t21-,22-,33?,34?/m1/s1. The fraction of sp³-hybridized carbons (Fsp3) is 0.457. The molecule has 5 aliphatic rings. The molecule has 9 rings (SSSR count). The lowest BCUT2D eigenvalue weighted by Gasteiger charge is -2.70. The van der Waals surface area contributed by atoms with Gasteiger partial charge in [-0.05, 0) is 56.7 Å². The molecule has 1 aromatic carbocycles. The predicted molar refractivity (Wildman–Crippen MR) is 184 cm³/mol. The molecule has 15 nitrogen and oxygen atoms in total. The molecule has 18 heteroatoms. The second kappa shape index (κ2) is 12.2. The Balaban J connectivity index is 1.14. The first-order valence-corrected chi connectivity index (χ1v) is 17.3. The van der Waals surface area contributed by atoms with Crippen LogP contribution in [0.2, 0.25) is 0 Å². The Morgan fingerprint density at radius 3 is 2.57 bits per heavy atom. The van der Waals surface area contributed by atoms with Gasteiger partial charge in [0, 0.05) is 42.6 Å². The van der Waals surface area contributed by atoms with Crippen LogP contribution in [0.1, 0.15) is 55.1 Å². The number of oxazole rings is 1. The van der Waals surface area contributed by atoms with Crippen LogP contribution in [0.15, 0.2) is 56.3 Å². The number of nitrogens with one attached hydrogen (secondary N) is 1. The second-order valence-corrected chi connectivity index (χ2v) is 14.3. The third kappa shape index (κ3) is 5.36. The average Bonchev–Trinajstić information content (AvgIpc) is 3.55. The summed E-state index contributed by atoms with van der Waals surface area (Å²) in [6.45, 7) is 1.85. The summed E-state index contributed by atoms with van der Waals surface area (Å²) in [5.41, 5.74) is 4.81. The maximum atomic E-state index is 14.5. The first-order valence-electron chi connectivity index (χ1n) is 17.3. The number of nitrogens with two attached hydrogens (primary N) is 1. The molecule has 1 saturated heterocycles. The number of amides is 2. The van der Waals surface area contributed by atoms with E-state index in [-0.39, 0.29) is 97.4 Å². The van der Waals surface area contributed by atoms with E-state index in [4.69, 9.17) is 14.9 Å². The van der Waals surface area contributed by atoms with Gasteiger partial charge in [-0.1, -0.05) is 6.92 Å².